The number of benzene rings is 1. The van der Waals surface area contributed by atoms with Gasteiger partial charge in [0, 0.05) is 32.0 Å². The number of imidazole rings is 1. The van der Waals surface area contributed by atoms with Gasteiger partial charge in [-0.05, 0) is 44.5 Å². The minimum atomic E-state index is -0.0448. The van der Waals surface area contributed by atoms with Crippen molar-refractivity contribution < 1.29 is 9.59 Å². The van der Waals surface area contributed by atoms with Gasteiger partial charge in [-0.2, -0.15) is 0 Å². The Labute approximate surface area is 151 Å². The van der Waals surface area contributed by atoms with Gasteiger partial charge in [-0.25, -0.2) is 4.79 Å². The molecule has 2 aromatic rings. The number of para-hydroxylation sites is 1. The predicted molar refractivity (Wildman–Crippen MR) is 97.9 cm³/mol. The van der Waals surface area contributed by atoms with Crippen LogP contribution in [0.4, 0.5) is 0 Å². The Hall–Kier alpha value is -2.41. The number of aromatic amines is 1. The van der Waals surface area contributed by atoms with E-state index in [-0.39, 0.29) is 23.5 Å². The van der Waals surface area contributed by atoms with Crippen LogP contribution in [0.2, 0.25) is 0 Å². The second kappa shape index (κ2) is 6.72. The molecule has 1 aromatic heterocycles. The van der Waals surface area contributed by atoms with Gasteiger partial charge in [-0.3, -0.25) is 19.1 Å². The van der Waals surface area contributed by atoms with Crippen LogP contribution < -0.4 is 5.69 Å². The number of carbonyl (C=O) groups is 2. The van der Waals surface area contributed by atoms with Crippen molar-refractivity contribution in [2.75, 3.05) is 20.1 Å². The Morgan fingerprint density at radius 1 is 1.15 bits per heavy atom. The lowest BCUT2D eigenvalue weighted by Crippen LogP contribution is -2.42. The molecule has 0 unspecified atom stereocenters. The Bertz CT molecular complexity index is 897. The zero-order chi connectivity index (χ0) is 18.3. The quantitative estimate of drug-likeness (QED) is 0.621. The van der Waals surface area contributed by atoms with Crippen LogP contribution in [-0.4, -0.2) is 57.3 Å². The summed E-state index contributed by atoms with van der Waals surface area (Å²) in [7, 11) is 2.08. The van der Waals surface area contributed by atoms with Gasteiger partial charge >= 0.3 is 5.69 Å². The summed E-state index contributed by atoms with van der Waals surface area (Å²) >= 11 is 0. The summed E-state index contributed by atoms with van der Waals surface area (Å²) in [6.07, 6.45) is 3.39. The maximum Gasteiger partial charge on any atom is 0.326 e. The van der Waals surface area contributed by atoms with E-state index in [1.807, 2.05) is 16.7 Å². The fourth-order valence-electron chi connectivity index (χ4n) is 4.14. The summed E-state index contributed by atoms with van der Waals surface area (Å²) in [6, 6.07) is 6.31. The molecule has 1 atom stereocenters. The highest BCUT2D eigenvalue weighted by atomic mass is 16.2. The molecule has 2 aliphatic heterocycles. The van der Waals surface area contributed by atoms with Crippen molar-refractivity contribution in [2.24, 2.45) is 0 Å². The van der Waals surface area contributed by atoms with Gasteiger partial charge in [-0.15, -0.1) is 0 Å². The first-order valence-electron chi connectivity index (χ1n) is 9.28. The number of nitrogens with zero attached hydrogens (tertiary/aromatic N) is 3. The van der Waals surface area contributed by atoms with E-state index < -0.39 is 0 Å². The number of hydrogen-bond acceptors (Lipinski definition) is 4. The van der Waals surface area contributed by atoms with Crippen LogP contribution in [0.1, 0.15) is 31.2 Å². The molecule has 1 fully saturated rings. The van der Waals surface area contributed by atoms with E-state index in [9.17, 15) is 14.4 Å². The standard InChI is InChI=1S/C19H24N4O3/c1-21(9-2-3-10-22-16(24)7-8-17(22)25)14-11-13-5-4-6-15-18(13)23(12-14)19(26)20-15/h4-6,14H,2-3,7-12H2,1H3,(H,20,26)/t14-/m1/s1. The zero-order valence-electron chi connectivity index (χ0n) is 15.0. The molecule has 0 bridgehead atoms. The SMILES string of the molecule is CN(CCCCN1C(=O)CCC1=O)[C@@H]1Cc2cccc3[nH]c(=O)n(c23)C1. The van der Waals surface area contributed by atoms with E-state index in [0.717, 1.165) is 36.8 Å². The first-order valence-corrected chi connectivity index (χ1v) is 9.28. The van der Waals surface area contributed by atoms with Crippen molar-refractivity contribution >= 4 is 22.8 Å². The summed E-state index contributed by atoms with van der Waals surface area (Å²) in [6.45, 7) is 2.09. The molecule has 0 radical (unpaired) electrons. The maximum absolute atomic E-state index is 12.2. The molecular weight excluding hydrogens is 332 g/mol. The Balaban J connectivity index is 1.34. The van der Waals surface area contributed by atoms with Gasteiger partial charge in [0.1, 0.15) is 0 Å². The monoisotopic (exact) mass is 356 g/mol. The minimum absolute atomic E-state index is 0.0388. The highest BCUT2D eigenvalue weighted by Crippen LogP contribution is 2.24. The Morgan fingerprint density at radius 3 is 2.69 bits per heavy atom. The van der Waals surface area contributed by atoms with Gasteiger partial charge in [0.2, 0.25) is 11.8 Å². The lowest BCUT2D eigenvalue weighted by Gasteiger charge is -2.32. The summed E-state index contributed by atoms with van der Waals surface area (Å²) < 4.78 is 1.84. The summed E-state index contributed by atoms with van der Waals surface area (Å²) in [5, 5.41) is 0. The van der Waals surface area contributed by atoms with Gasteiger partial charge in [0.05, 0.1) is 11.0 Å². The van der Waals surface area contributed by atoms with Crippen LogP contribution in [0.3, 0.4) is 0 Å². The largest absolute Gasteiger partial charge is 0.326 e. The number of rotatable bonds is 6. The molecule has 0 saturated carbocycles. The van der Waals surface area contributed by atoms with E-state index in [1.165, 1.54) is 10.5 Å². The summed E-state index contributed by atoms with van der Waals surface area (Å²) in [5.74, 6) is -0.0776. The van der Waals surface area contributed by atoms with E-state index in [2.05, 4.69) is 23.0 Å². The number of nitrogens with one attached hydrogen (secondary N) is 1. The number of H-pyrrole nitrogens is 1. The molecule has 138 valence electrons. The van der Waals surface area contributed by atoms with E-state index >= 15 is 0 Å². The van der Waals surface area contributed by atoms with Gasteiger partial charge in [0.25, 0.3) is 0 Å². The van der Waals surface area contributed by atoms with E-state index in [4.69, 9.17) is 0 Å². The zero-order valence-corrected chi connectivity index (χ0v) is 15.0. The smallest absolute Gasteiger partial charge is 0.306 e. The number of likely N-dealkylation sites (N-methyl/N-ethyl adjacent to an activating group) is 1. The second-order valence-corrected chi connectivity index (χ2v) is 7.34. The third-order valence-corrected chi connectivity index (χ3v) is 5.65. The molecule has 1 saturated heterocycles. The first kappa shape index (κ1) is 17.0. The van der Waals surface area contributed by atoms with E-state index in [1.54, 1.807) is 0 Å². The third-order valence-electron chi connectivity index (χ3n) is 5.65. The highest BCUT2D eigenvalue weighted by Gasteiger charge is 2.28. The van der Waals surface area contributed by atoms with Crippen LogP contribution in [0.15, 0.2) is 23.0 Å². The molecule has 0 spiro atoms. The molecule has 7 heteroatoms. The van der Waals surface area contributed by atoms with E-state index in [0.29, 0.717) is 25.9 Å². The van der Waals surface area contributed by atoms with Crippen molar-refractivity contribution in [3.8, 4) is 0 Å². The average Bonchev–Trinajstić information content (AvgIpc) is 3.13. The highest BCUT2D eigenvalue weighted by molar-refractivity contribution is 6.01. The fraction of sp³-hybridized carbons (Fsp3) is 0.526. The molecule has 4 rings (SSSR count). The number of hydrogen-bond donors (Lipinski definition) is 1. The van der Waals surface area contributed by atoms with Crippen molar-refractivity contribution in [3.63, 3.8) is 0 Å². The topological polar surface area (TPSA) is 78.4 Å². The normalized spacial score (nSPS) is 19.9. The van der Waals surface area contributed by atoms with Crippen molar-refractivity contribution in [2.45, 2.75) is 44.7 Å². The second-order valence-electron chi connectivity index (χ2n) is 7.34. The number of imide groups is 1. The van der Waals surface area contributed by atoms with Crippen molar-refractivity contribution in [1.82, 2.24) is 19.4 Å². The number of amides is 2. The number of unbranched alkanes of at least 4 members (excludes halogenated alkanes) is 1. The summed E-state index contributed by atoms with van der Waals surface area (Å²) in [5.41, 5.74) is 3.11. The molecular formula is C19H24N4O3. The minimum Gasteiger partial charge on any atom is -0.306 e. The lowest BCUT2D eigenvalue weighted by atomic mass is 9.99. The molecule has 2 aliphatic rings. The number of carbonyl (C=O) groups excluding carboxylic acids is 2. The maximum atomic E-state index is 12.2. The third kappa shape index (κ3) is 2.96. The molecule has 7 nitrogen and oxygen atoms in total. The number of aromatic nitrogens is 2. The van der Waals surface area contributed by atoms with Crippen LogP contribution in [0, 0.1) is 0 Å². The van der Waals surface area contributed by atoms with Gasteiger partial charge < -0.3 is 9.88 Å². The first-order chi connectivity index (χ1) is 12.5. The molecule has 26 heavy (non-hydrogen) atoms. The molecule has 3 heterocycles. The molecule has 1 aromatic carbocycles. The Morgan fingerprint density at radius 2 is 1.92 bits per heavy atom. The van der Waals surface area contributed by atoms with Crippen LogP contribution in [0.5, 0.6) is 0 Å². The molecule has 1 N–H and O–H groups in total. The van der Waals surface area contributed by atoms with Crippen molar-refractivity contribution in [1.29, 1.82) is 0 Å². The molecule has 2 amide bonds. The average molecular weight is 356 g/mol. The fourth-order valence-corrected chi connectivity index (χ4v) is 4.14. The molecule has 0 aliphatic carbocycles. The summed E-state index contributed by atoms with van der Waals surface area (Å²) in [4.78, 5) is 42.1. The Kier molecular flexibility index (Phi) is 4.40. The number of likely N-dealkylation sites (tertiary alicyclic amines) is 1. The van der Waals surface area contributed by atoms with Crippen LogP contribution in [-0.2, 0) is 22.6 Å². The van der Waals surface area contributed by atoms with Crippen LogP contribution in [0.25, 0.3) is 11.0 Å². The van der Waals surface area contributed by atoms with Gasteiger partial charge in [-0.1, -0.05) is 12.1 Å². The predicted octanol–water partition coefficient (Wildman–Crippen LogP) is 1.12. The van der Waals surface area contributed by atoms with Crippen molar-refractivity contribution in [3.05, 3.63) is 34.2 Å². The lowest BCUT2D eigenvalue weighted by molar-refractivity contribution is -0.138. The van der Waals surface area contributed by atoms with Crippen LogP contribution >= 0.6 is 0 Å². The van der Waals surface area contributed by atoms with Gasteiger partial charge in [0.15, 0.2) is 0 Å².